The number of Topliss-reactive ketones (excluding diaryl/α,β-unsaturated/α-hetero) is 1. The van der Waals surface area contributed by atoms with Gasteiger partial charge in [-0.3, -0.25) is 14.4 Å². The van der Waals surface area contributed by atoms with E-state index in [1.807, 2.05) is 13.8 Å². The Morgan fingerprint density at radius 2 is 1.57 bits per heavy atom. The molecule has 2 rings (SSSR count). The first-order chi connectivity index (χ1) is 13.2. The standard InChI is InChI=1S/C21H34O7/c1-5-15(11-17-7-8-18(27-17)13(3)20(23)24)28-21(25)14(4)19-9-6-16(26-19)10-12(2)22/h13-19H,5-11H2,1-4H3,(H,23,24)/t13-,14+,15+,16+,17-,18+,19+/m0/s1. The Labute approximate surface area is 167 Å². The van der Waals surface area contributed by atoms with Gasteiger partial charge in [-0.05, 0) is 52.9 Å². The molecule has 0 saturated carbocycles. The van der Waals surface area contributed by atoms with Crippen molar-refractivity contribution in [2.24, 2.45) is 11.8 Å². The Kier molecular flexibility index (Phi) is 8.43. The lowest BCUT2D eigenvalue weighted by Crippen LogP contribution is -2.32. The summed E-state index contributed by atoms with van der Waals surface area (Å²) in [5.41, 5.74) is 0. The van der Waals surface area contributed by atoms with Gasteiger partial charge >= 0.3 is 11.9 Å². The summed E-state index contributed by atoms with van der Waals surface area (Å²) in [6.07, 6.45) is 3.77. The molecule has 2 aliphatic heterocycles. The fraction of sp³-hybridized carbons (Fsp3) is 0.857. The lowest BCUT2D eigenvalue weighted by Gasteiger charge is -2.24. The Morgan fingerprint density at radius 3 is 2.14 bits per heavy atom. The quantitative estimate of drug-likeness (QED) is 0.564. The van der Waals surface area contributed by atoms with Crippen LogP contribution < -0.4 is 0 Å². The first-order valence-corrected chi connectivity index (χ1v) is 10.4. The monoisotopic (exact) mass is 398 g/mol. The van der Waals surface area contributed by atoms with Crippen LogP contribution in [-0.4, -0.2) is 53.3 Å². The van der Waals surface area contributed by atoms with Crippen LogP contribution in [0.4, 0.5) is 0 Å². The lowest BCUT2D eigenvalue weighted by molar-refractivity contribution is -0.160. The van der Waals surface area contributed by atoms with Gasteiger partial charge in [-0.1, -0.05) is 6.92 Å². The van der Waals surface area contributed by atoms with E-state index >= 15 is 0 Å². The highest BCUT2D eigenvalue weighted by atomic mass is 16.6. The molecule has 1 N–H and O–H groups in total. The summed E-state index contributed by atoms with van der Waals surface area (Å²) in [5.74, 6) is -1.95. The summed E-state index contributed by atoms with van der Waals surface area (Å²) >= 11 is 0. The van der Waals surface area contributed by atoms with Crippen LogP contribution in [0.3, 0.4) is 0 Å². The number of carbonyl (C=O) groups excluding carboxylic acids is 2. The molecule has 0 aromatic carbocycles. The Bertz CT molecular complexity index is 561. The molecule has 7 heteroatoms. The van der Waals surface area contributed by atoms with Crippen LogP contribution in [-0.2, 0) is 28.6 Å². The molecule has 2 fully saturated rings. The Morgan fingerprint density at radius 1 is 1.00 bits per heavy atom. The molecule has 0 spiro atoms. The molecule has 2 saturated heterocycles. The summed E-state index contributed by atoms with van der Waals surface area (Å²) < 4.78 is 17.5. The SMILES string of the molecule is CC[C@H](C[C@@H]1CC[C@H]([C@H](C)C(=O)O)O1)OC(=O)[C@H](C)[C@H]1CC[C@H](CC(C)=O)O1. The molecular weight excluding hydrogens is 364 g/mol. The number of rotatable bonds is 10. The van der Waals surface area contributed by atoms with Gasteiger partial charge in [-0.15, -0.1) is 0 Å². The molecule has 7 nitrogen and oxygen atoms in total. The van der Waals surface area contributed by atoms with E-state index in [0.717, 1.165) is 19.3 Å². The first-order valence-electron chi connectivity index (χ1n) is 10.4. The zero-order valence-electron chi connectivity index (χ0n) is 17.4. The average molecular weight is 398 g/mol. The summed E-state index contributed by atoms with van der Waals surface area (Å²) in [6, 6.07) is 0. The summed E-state index contributed by atoms with van der Waals surface area (Å²) in [5, 5.41) is 9.13. The molecule has 0 radical (unpaired) electrons. The number of esters is 1. The number of aliphatic carboxylic acids is 1. The maximum Gasteiger partial charge on any atom is 0.311 e. The van der Waals surface area contributed by atoms with E-state index in [4.69, 9.17) is 19.3 Å². The molecule has 2 heterocycles. The molecule has 0 amide bonds. The van der Waals surface area contributed by atoms with Gasteiger partial charge < -0.3 is 19.3 Å². The number of ketones is 1. The first kappa shape index (κ1) is 22.8. The van der Waals surface area contributed by atoms with Crippen molar-refractivity contribution in [3.05, 3.63) is 0 Å². The number of carboxylic acid groups (broad SMARTS) is 1. The van der Waals surface area contributed by atoms with E-state index in [1.54, 1.807) is 13.8 Å². The topological polar surface area (TPSA) is 99.1 Å². The number of hydrogen-bond donors (Lipinski definition) is 1. The minimum Gasteiger partial charge on any atom is -0.481 e. The van der Waals surface area contributed by atoms with Crippen molar-refractivity contribution in [1.82, 2.24) is 0 Å². The number of hydrogen-bond acceptors (Lipinski definition) is 6. The molecule has 0 unspecified atom stereocenters. The summed E-state index contributed by atoms with van der Waals surface area (Å²) in [6.45, 7) is 6.98. The largest absolute Gasteiger partial charge is 0.481 e. The maximum absolute atomic E-state index is 12.6. The molecule has 28 heavy (non-hydrogen) atoms. The number of carbonyl (C=O) groups is 3. The normalized spacial score (nSPS) is 30.6. The molecule has 0 aliphatic carbocycles. The van der Waals surface area contributed by atoms with Gasteiger partial charge in [0.25, 0.3) is 0 Å². The molecule has 2 aliphatic rings. The minimum atomic E-state index is -0.849. The van der Waals surface area contributed by atoms with Gasteiger partial charge in [-0.2, -0.15) is 0 Å². The molecule has 7 atom stereocenters. The van der Waals surface area contributed by atoms with Gasteiger partial charge in [-0.25, -0.2) is 0 Å². The lowest BCUT2D eigenvalue weighted by atomic mass is 10.0. The highest BCUT2D eigenvalue weighted by Gasteiger charge is 2.37. The molecular formula is C21H34O7. The zero-order chi connectivity index (χ0) is 20.8. The van der Waals surface area contributed by atoms with Crippen molar-refractivity contribution in [2.45, 2.75) is 103 Å². The second-order valence-electron chi connectivity index (χ2n) is 8.27. The van der Waals surface area contributed by atoms with Gasteiger partial charge in [0.15, 0.2) is 0 Å². The third-order valence-electron chi connectivity index (χ3n) is 5.94. The predicted octanol–water partition coefficient (Wildman–Crippen LogP) is 3.13. The van der Waals surface area contributed by atoms with Crippen LogP contribution in [0.15, 0.2) is 0 Å². The second kappa shape index (κ2) is 10.3. The second-order valence-corrected chi connectivity index (χ2v) is 8.27. The number of ether oxygens (including phenoxy) is 3. The van der Waals surface area contributed by atoms with Crippen molar-refractivity contribution in [1.29, 1.82) is 0 Å². The van der Waals surface area contributed by atoms with E-state index in [2.05, 4.69) is 0 Å². The summed E-state index contributed by atoms with van der Waals surface area (Å²) in [4.78, 5) is 34.9. The van der Waals surface area contributed by atoms with Crippen molar-refractivity contribution < 1.29 is 33.7 Å². The van der Waals surface area contributed by atoms with Gasteiger partial charge in [0.05, 0.1) is 36.3 Å². The van der Waals surface area contributed by atoms with Crippen LogP contribution in [0.1, 0.15) is 72.6 Å². The molecule has 0 aromatic heterocycles. The van der Waals surface area contributed by atoms with Crippen molar-refractivity contribution >= 4 is 17.7 Å². The van der Waals surface area contributed by atoms with Crippen molar-refractivity contribution in [3.63, 3.8) is 0 Å². The number of carboxylic acids is 1. The van der Waals surface area contributed by atoms with Crippen LogP contribution in [0.2, 0.25) is 0 Å². The van der Waals surface area contributed by atoms with Crippen LogP contribution in [0, 0.1) is 11.8 Å². The van der Waals surface area contributed by atoms with Crippen LogP contribution >= 0.6 is 0 Å². The van der Waals surface area contributed by atoms with E-state index in [-0.39, 0.29) is 48.2 Å². The van der Waals surface area contributed by atoms with Crippen molar-refractivity contribution in [3.8, 4) is 0 Å². The average Bonchev–Trinajstić information content (AvgIpc) is 3.28. The van der Waals surface area contributed by atoms with Gasteiger partial charge in [0.1, 0.15) is 11.9 Å². The van der Waals surface area contributed by atoms with Gasteiger partial charge in [0.2, 0.25) is 0 Å². The Hall–Kier alpha value is -1.47. The Balaban J connectivity index is 1.80. The zero-order valence-corrected chi connectivity index (χ0v) is 17.4. The van der Waals surface area contributed by atoms with Crippen LogP contribution in [0.25, 0.3) is 0 Å². The maximum atomic E-state index is 12.6. The smallest absolute Gasteiger partial charge is 0.311 e. The van der Waals surface area contributed by atoms with Gasteiger partial charge in [0, 0.05) is 12.8 Å². The highest BCUT2D eigenvalue weighted by molar-refractivity contribution is 5.76. The molecule has 0 aromatic rings. The third kappa shape index (κ3) is 6.27. The molecule has 160 valence electrons. The fourth-order valence-electron chi connectivity index (χ4n) is 4.02. The highest BCUT2D eigenvalue weighted by Crippen LogP contribution is 2.31. The summed E-state index contributed by atoms with van der Waals surface area (Å²) in [7, 11) is 0. The fourth-order valence-corrected chi connectivity index (χ4v) is 4.02. The minimum absolute atomic E-state index is 0.0810. The van der Waals surface area contributed by atoms with E-state index < -0.39 is 11.9 Å². The van der Waals surface area contributed by atoms with E-state index in [0.29, 0.717) is 25.7 Å². The van der Waals surface area contributed by atoms with Crippen molar-refractivity contribution in [2.75, 3.05) is 0 Å². The van der Waals surface area contributed by atoms with E-state index in [9.17, 15) is 14.4 Å². The predicted molar refractivity (Wildman–Crippen MR) is 102 cm³/mol. The van der Waals surface area contributed by atoms with Crippen LogP contribution in [0.5, 0.6) is 0 Å². The third-order valence-corrected chi connectivity index (χ3v) is 5.94. The molecule has 0 bridgehead atoms. The van der Waals surface area contributed by atoms with E-state index in [1.165, 1.54) is 0 Å².